The van der Waals surface area contributed by atoms with Crippen LogP contribution in [0.25, 0.3) is 0 Å². The molecule has 0 spiro atoms. The Labute approximate surface area is 243 Å². The van der Waals surface area contributed by atoms with E-state index in [1.807, 2.05) is 0 Å². The number of unbranched alkanes of at least 4 members (excludes halogenated alkanes) is 20. The van der Waals surface area contributed by atoms with E-state index in [-0.39, 0.29) is 18.1 Å². The molecule has 0 aromatic carbocycles. The zero-order valence-electron chi connectivity index (χ0n) is 26.2. The number of carbonyl (C=O) groups excluding carboxylic acids is 1. The number of carboxylic acid groups (broad SMARTS) is 1. The first-order chi connectivity index (χ1) is 19.1. The summed E-state index contributed by atoms with van der Waals surface area (Å²) in [6, 6.07) is 0. The Hall–Kier alpha value is -1.38. The van der Waals surface area contributed by atoms with Crippen molar-refractivity contribution in [2.45, 2.75) is 187 Å². The number of Topliss-reactive ketones (excluding diaryl/α,β-unsaturated/α-hetero) is 1. The van der Waals surface area contributed by atoms with E-state index in [2.05, 4.69) is 38.2 Å². The molecule has 228 valence electrons. The second-order valence-electron chi connectivity index (χ2n) is 11.8. The molecular formula is C36H66O3. The quantitative estimate of drug-likeness (QED) is 0.0694. The number of carbonyl (C=O) groups is 2. The molecule has 0 fully saturated rings. The molecule has 0 aliphatic rings. The summed E-state index contributed by atoms with van der Waals surface area (Å²) in [7, 11) is 0. The minimum absolute atomic E-state index is 0.00205. The third-order valence-corrected chi connectivity index (χ3v) is 7.88. The van der Waals surface area contributed by atoms with Crippen molar-refractivity contribution in [2.75, 3.05) is 0 Å². The van der Waals surface area contributed by atoms with Gasteiger partial charge in [0.2, 0.25) is 0 Å². The molecule has 0 saturated carbocycles. The van der Waals surface area contributed by atoms with Crippen LogP contribution >= 0.6 is 0 Å². The fourth-order valence-electron chi connectivity index (χ4n) is 5.27. The number of allylic oxidation sites excluding steroid dienone is 4. The molecule has 0 aromatic rings. The molecule has 1 N–H and O–H groups in total. The van der Waals surface area contributed by atoms with Crippen LogP contribution in [0.4, 0.5) is 0 Å². The van der Waals surface area contributed by atoms with Crippen LogP contribution in [-0.2, 0) is 9.59 Å². The van der Waals surface area contributed by atoms with Crippen LogP contribution < -0.4 is 0 Å². The molecule has 0 radical (unpaired) electrons. The van der Waals surface area contributed by atoms with Gasteiger partial charge in [0.05, 0.1) is 6.42 Å². The van der Waals surface area contributed by atoms with E-state index < -0.39 is 5.97 Å². The summed E-state index contributed by atoms with van der Waals surface area (Å²) in [6.07, 6.45) is 40.4. The monoisotopic (exact) mass is 547 g/mol. The number of carboxylic acids is 1. The predicted octanol–water partition coefficient (Wildman–Crippen LogP) is 11.9. The molecule has 0 saturated heterocycles. The number of hydrogen-bond acceptors (Lipinski definition) is 2. The Morgan fingerprint density at radius 1 is 0.513 bits per heavy atom. The molecule has 3 nitrogen and oxygen atoms in total. The Bertz CT molecular complexity index is 592. The van der Waals surface area contributed by atoms with Gasteiger partial charge in [0.1, 0.15) is 5.78 Å². The summed E-state index contributed by atoms with van der Waals surface area (Å²) in [5.74, 6) is -0.952. The minimum atomic E-state index is -0.837. The molecule has 39 heavy (non-hydrogen) atoms. The molecule has 0 aliphatic carbocycles. The van der Waals surface area contributed by atoms with Crippen LogP contribution in [0.1, 0.15) is 187 Å². The van der Waals surface area contributed by atoms with Gasteiger partial charge in [-0.3, -0.25) is 9.59 Å². The molecule has 0 rings (SSSR count). The normalized spacial score (nSPS) is 12.6. The molecule has 1 atom stereocenters. The maximum Gasteiger partial charge on any atom is 0.304 e. The van der Waals surface area contributed by atoms with E-state index >= 15 is 0 Å². The Balaban J connectivity index is 3.75. The molecule has 0 aromatic heterocycles. The average Bonchev–Trinajstić information content (AvgIpc) is 2.92. The second kappa shape index (κ2) is 31.2. The van der Waals surface area contributed by atoms with Gasteiger partial charge < -0.3 is 5.11 Å². The molecule has 0 heterocycles. The van der Waals surface area contributed by atoms with E-state index in [9.17, 15) is 14.7 Å². The summed E-state index contributed by atoms with van der Waals surface area (Å²) in [5, 5.41) is 9.27. The maximum absolute atomic E-state index is 12.7. The predicted molar refractivity (Wildman–Crippen MR) is 170 cm³/mol. The van der Waals surface area contributed by atoms with Crippen LogP contribution in [0.5, 0.6) is 0 Å². The second-order valence-corrected chi connectivity index (χ2v) is 11.8. The van der Waals surface area contributed by atoms with Gasteiger partial charge in [-0.25, -0.2) is 0 Å². The van der Waals surface area contributed by atoms with Gasteiger partial charge in [-0.15, -0.1) is 0 Å². The van der Waals surface area contributed by atoms with Gasteiger partial charge in [-0.1, -0.05) is 134 Å². The smallest absolute Gasteiger partial charge is 0.304 e. The molecule has 0 bridgehead atoms. The minimum Gasteiger partial charge on any atom is -0.481 e. The van der Waals surface area contributed by atoms with Crippen molar-refractivity contribution in [2.24, 2.45) is 5.92 Å². The van der Waals surface area contributed by atoms with Crippen molar-refractivity contribution in [1.82, 2.24) is 0 Å². The van der Waals surface area contributed by atoms with Crippen molar-refractivity contribution in [1.29, 1.82) is 0 Å². The average molecular weight is 547 g/mol. The molecule has 1 unspecified atom stereocenters. The topological polar surface area (TPSA) is 54.4 Å². The fraction of sp³-hybridized carbons (Fsp3) is 0.833. The van der Waals surface area contributed by atoms with Gasteiger partial charge in [0.25, 0.3) is 0 Å². The lowest BCUT2D eigenvalue weighted by Crippen LogP contribution is -2.18. The Kier molecular flexibility index (Phi) is 30.0. The summed E-state index contributed by atoms with van der Waals surface area (Å²) >= 11 is 0. The Morgan fingerprint density at radius 2 is 0.872 bits per heavy atom. The van der Waals surface area contributed by atoms with Crippen LogP contribution in [0.3, 0.4) is 0 Å². The van der Waals surface area contributed by atoms with Gasteiger partial charge in [-0.05, 0) is 64.2 Å². The van der Waals surface area contributed by atoms with Crippen LogP contribution in [0.2, 0.25) is 0 Å². The molecule has 0 aliphatic heterocycles. The third kappa shape index (κ3) is 29.4. The standard InChI is InChI=1S/C36H66O3/c1-3-5-7-9-11-13-15-17-18-20-22-24-26-28-30-32-35(37)34(33-36(38)39)31-29-27-25-23-21-19-16-14-12-10-8-6-4-2/h17-19,21,34H,3-16,20,22-33H2,1-2H3,(H,38,39). The summed E-state index contributed by atoms with van der Waals surface area (Å²) in [5.41, 5.74) is 0. The van der Waals surface area contributed by atoms with Gasteiger partial charge in [0, 0.05) is 12.3 Å². The lowest BCUT2D eigenvalue weighted by atomic mass is 9.90. The van der Waals surface area contributed by atoms with Crippen molar-refractivity contribution in [3.63, 3.8) is 0 Å². The van der Waals surface area contributed by atoms with Gasteiger partial charge in [-0.2, -0.15) is 0 Å². The summed E-state index contributed by atoms with van der Waals surface area (Å²) in [4.78, 5) is 24.0. The first-order valence-corrected chi connectivity index (χ1v) is 17.2. The first-order valence-electron chi connectivity index (χ1n) is 17.2. The highest BCUT2D eigenvalue weighted by Gasteiger charge is 2.20. The zero-order chi connectivity index (χ0) is 28.7. The van der Waals surface area contributed by atoms with E-state index in [4.69, 9.17) is 0 Å². The van der Waals surface area contributed by atoms with Gasteiger partial charge in [0.15, 0.2) is 0 Å². The highest BCUT2D eigenvalue weighted by molar-refractivity contribution is 5.84. The van der Waals surface area contributed by atoms with Crippen molar-refractivity contribution >= 4 is 11.8 Å². The lowest BCUT2D eigenvalue weighted by Gasteiger charge is -2.13. The van der Waals surface area contributed by atoms with E-state index in [1.165, 1.54) is 116 Å². The number of hydrogen-bond donors (Lipinski definition) is 1. The van der Waals surface area contributed by atoms with Gasteiger partial charge >= 0.3 is 5.97 Å². The molecular weight excluding hydrogens is 480 g/mol. The van der Waals surface area contributed by atoms with E-state index in [0.29, 0.717) is 6.42 Å². The van der Waals surface area contributed by atoms with Crippen molar-refractivity contribution in [3.8, 4) is 0 Å². The third-order valence-electron chi connectivity index (χ3n) is 7.88. The number of rotatable bonds is 31. The highest BCUT2D eigenvalue weighted by Crippen LogP contribution is 2.20. The van der Waals surface area contributed by atoms with Crippen LogP contribution in [-0.4, -0.2) is 16.9 Å². The number of aliphatic carboxylic acids is 1. The van der Waals surface area contributed by atoms with Crippen molar-refractivity contribution in [3.05, 3.63) is 24.3 Å². The van der Waals surface area contributed by atoms with Crippen LogP contribution in [0.15, 0.2) is 24.3 Å². The molecule has 3 heteroatoms. The maximum atomic E-state index is 12.7. The Morgan fingerprint density at radius 3 is 1.28 bits per heavy atom. The van der Waals surface area contributed by atoms with Crippen molar-refractivity contribution < 1.29 is 14.7 Å². The highest BCUT2D eigenvalue weighted by atomic mass is 16.4. The van der Waals surface area contributed by atoms with E-state index in [1.54, 1.807) is 0 Å². The van der Waals surface area contributed by atoms with E-state index in [0.717, 1.165) is 44.9 Å². The summed E-state index contributed by atoms with van der Waals surface area (Å²) in [6.45, 7) is 4.52. The lowest BCUT2D eigenvalue weighted by molar-refractivity contribution is -0.140. The molecule has 0 amide bonds. The fourth-order valence-corrected chi connectivity index (χ4v) is 5.27. The SMILES string of the molecule is CCCCCCCCC=CCCCCCCCC(=O)C(CCCCCC=CCCCCCCCC)CC(=O)O. The zero-order valence-corrected chi connectivity index (χ0v) is 26.2. The summed E-state index contributed by atoms with van der Waals surface area (Å²) < 4.78 is 0. The first kappa shape index (κ1) is 37.6. The number of ketones is 1. The largest absolute Gasteiger partial charge is 0.481 e. The van der Waals surface area contributed by atoms with Crippen LogP contribution in [0, 0.1) is 5.92 Å².